The molecule has 0 aromatic carbocycles. The average molecular weight is 367 g/mol. The predicted molar refractivity (Wildman–Crippen MR) is 73.9 cm³/mol. The van der Waals surface area contributed by atoms with E-state index in [-0.39, 0.29) is 26.4 Å². The molecule has 23 heavy (non-hydrogen) atoms. The molecule has 128 valence electrons. The van der Waals surface area contributed by atoms with Crippen molar-refractivity contribution in [2.24, 2.45) is 5.41 Å². The summed E-state index contributed by atoms with van der Waals surface area (Å²) in [7, 11) is -6.22. The van der Waals surface area contributed by atoms with Crippen LogP contribution < -0.4 is 15.6 Å². The minimum absolute atomic E-state index is 0.0777. The van der Waals surface area contributed by atoms with Gasteiger partial charge in [0.15, 0.2) is 0 Å². The fourth-order valence-corrected chi connectivity index (χ4v) is 3.78. The lowest BCUT2D eigenvalue weighted by Gasteiger charge is -2.42. The molecule has 0 aliphatic carbocycles. The number of fused-ring (bicyclic) bond motifs is 3. The Morgan fingerprint density at radius 1 is 1.35 bits per heavy atom. The lowest BCUT2D eigenvalue weighted by Crippen LogP contribution is -2.47. The van der Waals surface area contributed by atoms with Crippen LogP contribution in [0.1, 0.15) is 11.6 Å². The molecule has 0 saturated carbocycles. The van der Waals surface area contributed by atoms with Crippen LogP contribution in [-0.4, -0.2) is 36.4 Å². The Morgan fingerprint density at radius 3 is 2.35 bits per heavy atom. The highest BCUT2D eigenvalue weighted by atomic mass is 31.2. The molecule has 3 aliphatic rings. The van der Waals surface area contributed by atoms with Gasteiger partial charge >= 0.3 is 22.0 Å². The van der Waals surface area contributed by atoms with Crippen molar-refractivity contribution in [1.29, 1.82) is 0 Å². The molecule has 4 heterocycles. The number of aryl methyl sites for hydroxylation is 2. The molecule has 3 fully saturated rings. The molecular weight excluding hydrogens is 350 g/mol. The topological polar surface area (TPSA) is 160 Å². The highest BCUT2D eigenvalue weighted by molar-refractivity contribution is 7.48. The van der Waals surface area contributed by atoms with E-state index in [1.807, 2.05) is 6.92 Å². The molecule has 1 aromatic heterocycles. The smallest absolute Gasteiger partial charge is 0.488 e. The molecule has 4 rings (SSSR count). The Hall–Kier alpha value is -1.06. The Balaban J connectivity index is 0.000000185. The van der Waals surface area contributed by atoms with Crippen molar-refractivity contribution in [3.63, 3.8) is 0 Å². The maximum Gasteiger partial charge on any atom is 0.488 e. The molecule has 2 bridgehead atoms. The van der Waals surface area contributed by atoms with E-state index in [1.54, 1.807) is 6.92 Å². The Labute approximate surface area is 133 Å². The van der Waals surface area contributed by atoms with E-state index in [1.165, 1.54) is 0 Å². The van der Waals surface area contributed by atoms with Gasteiger partial charge in [0, 0.05) is 13.8 Å². The van der Waals surface area contributed by atoms with Crippen LogP contribution in [0.2, 0.25) is 0 Å². The molecule has 11 nitrogen and oxygen atoms in total. The predicted octanol–water partition coefficient (Wildman–Crippen LogP) is -0.318. The van der Waals surface area contributed by atoms with Gasteiger partial charge in [0.2, 0.25) is 11.6 Å². The molecule has 3 N–H and O–H groups in total. The summed E-state index contributed by atoms with van der Waals surface area (Å²) in [4.78, 5) is 20.8. The van der Waals surface area contributed by atoms with Crippen molar-refractivity contribution in [2.75, 3.05) is 32.2 Å². The number of phosphoric ester groups is 1. The van der Waals surface area contributed by atoms with Gasteiger partial charge in [0.05, 0.1) is 25.2 Å². The van der Waals surface area contributed by atoms with Gasteiger partial charge < -0.3 is 10.6 Å². The summed E-state index contributed by atoms with van der Waals surface area (Å²) in [5, 5.41) is 0. The molecule has 0 amide bonds. The van der Waals surface area contributed by atoms with Crippen molar-refractivity contribution in [1.82, 2.24) is 9.97 Å². The summed E-state index contributed by atoms with van der Waals surface area (Å²) in [6.07, 6.45) is 0. The largest absolute Gasteiger partial charge is 0.566 e. The summed E-state index contributed by atoms with van der Waals surface area (Å²) in [5.41, 5.74) is 4.70. The monoisotopic (exact) mass is 367 g/mol. The number of nitrogens with two attached hydrogens (primary N) is 1. The van der Waals surface area contributed by atoms with Crippen molar-refractivity contribution in [3.05, 3.63) is 11.6 Å². The number of H-pyrrole nitrogens is 1. The first-order valence-corrected chi connectivity index (χ1v) is 9.09. The number of hydrogen-bond donors (Lipinski definition) is 1. The normalized spacial score (nSPS) is 29.6. The number of aromatic nitrogens is 3. The van der Waals surface area contributed by atoms with Crippen LogP contribution >= 0.6 is 16.1 Å². The standard InChI is InChI=1S/C5H8N4.C5H8O7P2/c1-3-7-4(2)9-5(6)8-3;6-13(7)9-1-5-2-10-14(8,11-3-5)12-4-5/h1-2H3,(H2,6,7,8,9);1-4H2/p+1. The van der Waals surface area contributed by atoms with Gasteiger partial charge in [-0.15, -0.1) is 9.51 Å². The van der Waals surface area contributed by atoms with E-state index in [0.29, 0.717) is 11.8 Å². The Kier molecular flexibility index (Phi) is 5.74. The maximum atomic E-state index is 11.3. The number of phosphoric acid groups is 1. The van der Waals surface area contributed by atoms with Crippen LogP contribution in [0.3, 0.4) is 0 Å². The lowest BCUT2D eigenvalue weighted by atomic mass is 9.93. The number of hydrogen-bond acceptors (Lipinski definition) is 10. The second-order valence-electron chi connectivity index (χ2n) is 5.13. The summed E-state index contributed by atoms with van der Waals surface area (Å²) in [6.45, 7) is 3.96. The van der Waals surface area contributed by atoms with Crippen molar-refractivity contribution in [2.45, 2.75) is 13.8 Å². The zero-order valence-corrected chi connectivity index (χ0v) is 14.3. The highest BCUT2D eigenvalue weighted by Crippen LogP contribution is 2.60. The first-order valence-electron chi connectivity index (χ1n) is 6.53. The van der Waals surface area contributed by atoms with Crippen LogP contribution in [0.25, 0.3) is 0 Å². The minimum atomic E-state index is -3.32. The summed E-state index contributed by atoms with van der Waals surface area (Å²) >= 11 is 0. The van der Waals surface area contributed by atoms with E-state index < -0.39 is 21.5 Å². The fourth-order valence-electron chi connectivity index (χ4n) is 1.88. The van der Waals surface area contributed by atoms with E-state index in [9.17, 15) is 14.0 Å². The zero-order chi connectivity index (χ0) is 17.1. The van der Waals surface area contributed by atoms with Gasteiger partial charge in [-0.2, -0.15) is 0 Å². The molecule has 0 spiro atoms. The van der Waals surface area contributed by atoms with Gasteiger partial charge in [-0.05, 0) is 4.57 Å². The molecule has 3 saturated heterocycles. The molecular formula is C10H17N4O7P2+. The van der Waals surface area contributed by atoms with Gasteiger partial charge in [-0.3, -0.25) is 13.6 Å². The first kappa shape index (κ1) is 18.3. The maximum absolute atomic E-state index is 11.3. The van der Waals surface area contributed by atoms with E-state index >= 15 is 0 Å². The molecule has 1 atom stereocenters. The molecule has 1 aromatic rings. The minimum Gasteiger partial charge on any atom is -0.566 e. The number of nitrogens with one attached hydrogen (secondary N) is 1. The van der Waals surface area contributed by atoms with E-state index in [2.05, 4.69) is 19.5 Å². The molecule has 3 aliphatic heterocycles. The number of anilines is 1. The van der Waals surface area contributed by atoms with Crippen LogP contribution in [0, 0.1) is 19.3 Å². The van der Waals surface area contributed by atoms with Crippen LogP contribution in [0.15, 0.2) is 0 Å². The summed E-state index contributed by atoms with van der Waals surface area (Å²) in [6, 6.07) is 0. The molecule has 13 heteroatoms. The fraction of sp³-hybridized carbons (Fsp3) is 0.700. The van der Waals surface area contributed by atoms with E-state index in [0.717, 1.165) is 5.82 Å². The number of nitrogens with zero attached hydrogens (tertiary/aromatic N) is 2. The van der Waals surface area contributed by atoms with Gasteiger partial charge in [0.25, 0.3) is 0 Å². The quantitative estimate of drug-likeness (QED) is 0.701. The third kappa shape index (κ3) is 5.22. The summed E-state index contributed by atoms with van der Waals surface area (Å²) in [5.74, 6) is 1.91. The second-order valence-corrected chi connectivity index (χ2v) is 7.51. The first-order chi connectivity index (χ1) is 10.7. The summed E-state index contributed by atoms with van der Waals surface area (Å²) < 4.78 is 40.5. The average Bonchev–Trinajstić information content (AvgIpc) is 2.46. The molecule has 1 unspecified atom stereocenters. The SMILES string of the molecule is Cc1nc(C)[nH+]c(N)n1.O=[P+]([O-])OCC12COP(=O)(OC1)OC2. The molecule has 0 radical (unpaired) electrons. The third-order valence-electron chi connectivity index (χ3n) is 2.98. The van der Waals surface area contributed by atoms with Crippen LogP contribution in [0.5, 0.6) is 0 Å². The van der Waals surface area contributed by atoms with Crippen molar-refractivity contribution < 1.29 is 37.1 Å². The lowest BCUT2D eigenvalue weighted by molar-refractivity contribution is -0.379. The number of nitrogen functional groups attached to an aromatic ring is 1. The zero-order valence-electron chi connectivity index (χ0n) is 12.6. The third-order valence-corrected chi connectivity index (χ3v) is 4.66. The van der Waals surface area contributed by atoms with Gasteiger partial charge in [-0.1, -0.05) is 4.98 Å². The Bertz CT molecular complexity index is 562. The highest BCUT2D eigenvalue weighted by Gasteiger charge is 2.51. The van der Waals surface area contributed by atoms with Gasteiger partial charge in [0.1, 0.15) is 6.61 Å². The second kappa shape index (κ2) is 7.23. The number of rotatable bonds is 3. The van der Waals surface area contributed by atoms with Crippen LogP contribution in [0.4, 0.5) is 5.95 Å². The van der Waals surface area contributed by atoms with Crippen molar-refractivity contribution in [3.8, 4) is 0 Å². The van der Waals surface area contributed by atoms with Gasteiger partial charge in [-0.25, -0.2) is 9.55 Å². The van der Waals surface area contributed by atoms with E-state index in [4.69, 9.17) is 19.3 Å². The van der Waals surface area contributed by atoms with Crippen LogP contribution in [-0.2, 0) is 27.2 Å². The Morgan fingerprint density at radius 2 is 1.91 bits per heavy atom. The van der Waals surface area contributed by atoms with Crippen molar-refractivity contribution >= 4 is 22.0 Å². The number of aromatic amines is 1.